The zero-order valence-electron chi connectivity index (χ0n) is 21.4. The second-order valence-corrected chi connectivity index (χ2v) is 10.8. The van der Waals surface area contributed by atoms with Crippen molar-refractivity contribution in [3.8, 4) is 17.3 Å². The van der Waals surface area contributed by atoms with Gasteiger partial charge in [-0.05, 0) is 61.4 Å². The number of carbonyl (C=O) groups excluding carboxylic acids is 1. The molecule has 1 aromatic carbocycles. The molecular formula is C28H32N6O3. The van der Waals surface area contributed by atoms with Crippen LogP contribution in [-0.4, -0.2) is 68.9 Å². The van der Waals surface area contributed by atoms with Crippen LogP contribution in [0.5, 0.6) is 5.75 Å². The van der Waals surface area contributed by atoms with E-state index in [9.17, 15) is 4.79 Å². The zero-order chi connectivity index (χ0) is 25.4. The van der Waals surface area contributed by atoms with E-state index in [-0.39, 0.29) is 30.0 Å². The smallest absolute Gasteiger partial charge is 0.254 e. The summed E-state index contributed by atoms with van der Waals surface area (Å²) in [4.78, 5) is 25.3. The van der Waals surface area contributed by atoms with E-state index < -0.39 is 0 Å². The summed E-state index contributed by atoms with van der Waals surface area (Å²) in [6, 6.07) is 9.78. The van der Waals surface area contributed by atoms with Gasteiger partial charge >= 0.3 is 0 Å². The Morgan fingerprint density at radius 1 is 1.22 bits per heavy atom. The van der Waals surface area contributed by atoms with E-state index in [4.69, 9.17) is 20.2 Å². The van der Waals surface area contributed by atoms with Gasteiger partial charge in [-0.1, -0.05) is 0 Å². The molecule has 3 aliphatic rings. The number of imidazole rings is 1. The number of piperidine rings is 1. The average Bonchev–Trinajstić information content (AvgIpc) is 3.34. The van der Waals surface area contributed by atoms with Crippen LogP contribution in [0.3, 0.4) is 0 Å². The van der Waals surface area contributed by atoms with Gasteiger partial charge in [0.15, 0.2) is 5.82 Å². The Balaban J connectivity index is 1.33. The van der Waals surface area contributed by atoms with Gasteiger partial charge in [0, 0.05) is 50.4 Å². The number of aromatic nitrogens is 4. The topological polar surface area (TPSA) is 100 Å². The van der Waals surface area contributed by atoms with E-state index >= 15 is 0 Å². The standard InChI is InChI=1S/C28H32N6O3/c1-32-24-19(31-27(32)20-10-16-5-4-8-30-26(16)33(20)13-15-6-7-15)9-17(11-21(24)36-2)28(35)34-14-18-12-22(37-3)25(34)23(18)29/h4-5,8-11,15,18,22-23,25H,6-7,12-14,29H2,1-3H3/t18-,22+,23-,25-/m1/s1. The molecule has 1 amide bonds. The third kappa shape index (κ3) is 3.40. The largest absolute Gasteiger partial charge is 0.494 e. The van der Waals surface area contributed by atoms with Crippen molar-refractivity contribution in [1.29, 1.82) is 0 Å². The Morgan fingerprint density at radius 2 is 2.05 bits per heavy atom. The van der Waals surface area contributed by atoms with E-state index in [1.165, 1.54) is 12.8 Å². The summed E-state index contributed by atoms with van der Waals surface area (Å²) >= 11 is 0. The summed E-state index contributed by atoms with van der Waals surface area (Å²) in [5.41, 5.74) is 10.6. The molecule has 0 unspecified atom stereocenters. The van der Waals surface area contributed by atoms with Crippen molar-refractivity contribution >= 4 is 28.0 Å². The molecule has 4 atom stereocenters. The number of fused-ring (bicyclic) bond motifs is 4. The fraction of sp³-hybridized carbons (Fsp3) is 0.464. The number of methoxy groups -OCH3 is 2. The lowest BCUT2D eigenvalue weighted by Gasteiger charge is -2.32. The minimum absolute atomic E-state index is 0.0215. The maximum absolute atomic E-state index is 13.7. The highest BCUT2D eigenvalue weighted by Crippen LogP contribution is 2.41. The lowest BCUT2D eigenvalue weighted by atomic mass is 10.1. The number of carbonyl (C=O) groups is 1. The Morgan fingerprint density at radius 3 is 2.78 bits per heavy atom. The second kappa shape index (κ2) is 8.29. The SMILES string of the molecule is COc1cc(C(=O)N2C[C@H]3C[C@H](OC)[C@@H]2[C@@H]3N)cc2nc(-c3cc4cccnc4n3CC3CC3)n(C)c12. The van der Waals surface area contributed by atoms with Gasteiger partial charge in [0.2, 0.25) is 0 Å². The van der Waals surface area contributed by atoms with Crippen molar-refractivity contribution < 1.29 is 14.3 Å². The Hall–Kier alpha value is -3.43. The monoisotopic (exact) mass is 500 g/mol. The van der Waals surface area contributed by atoms with Crippen molar-refractivity contribution in [3.05, 3.63) is 42.1 Å². The van der Waals surface area contributed by atoms with Crippen molar-refractivity contribution in [1.82, 2.24) is 24.0 Å². The summed E-state index contributed by atoms with van der Waals surface area (Å²) < 4.78 is 15.8. The zero-order valence-corrected chi connectivity index (χ0v) is 21.4. The first-order valence-corrected chi connectivity index (χ1v) is 13.1. The molecule has 3 fully saturated rings. The number of ether oxygens (including phenoxy) is 2. The summed E-state index contributed by atoms with van der Waals surface area (Å²) in [7, 11) is 5.34. The number of amides is 1. The number of nitrogens with zero attached hydrogens (tertiary/aromatic N) is 5. The molecule has 9 heteroatoms. The highest BCUT2D eigenvalue weighted by atomic mass is 16.5. The van der Waals surface area contributed by atoms with Crippen molar-refractivity contribution in [2.75, 3.05) is 20.8 Å². The molecule has 3 aromatic heterocycles. The molecule has 2 aliphatic carbocycles. The maximum Gasteiger partial charge on any atom is 0.254 e. The molecule has 0 spiro atoms. The van der Waals surface area contributed by atoms with Crippen LogP contribution < -0.4 is 10.5 Å². The van der Waals surface area contributed by atoms with Gasteiger partial charge in [0.25, 0.3) is 5.91 Å². The third-order valence-corrected chi connectivity index (χ3v) is 8.63. The first-order chi connectivity index (χ1) is 18.0. The number of benzene rings is 1. The molecule has 7 rings (SSSR count). The first kappa shape index (κ1) is 22.7. The van der Waals surface area contributed by atoms with Gasteiger partial charge in [0.05, 0.1) is 30.5 Å². The maximum atomic E-state index is 13.7. The number of nitrogens with two attached hydrogens (primary N) is 1. The first-order valence-electron chi connectivity index (χ1n) is 13.1. The van der Waals surface area contributed by atoms with E-state index in [1.807, 2.05) is 36.3 Å². The predicted octanol–water partition coefficient (Wildman–Crippen LogP) is 3.20. The molecule has 1 saturated heterocycles. The van der Waals surface area contributed by atoms with Gasteiger partial charge in [-0.3, -0.25) is 4.79 Å². The van der Waals surface area contributed by atoms with Crippen LogP contribution in [0.25, 0.3) is 33.6 Å². The van der Waals surface area contributed by atoms with Crippen molar-refractivity contribution in [2.24, 2.45) is 24.6 Å². The third-order valence-electron chi connectivity index (χ3n) is 8.63. The Labute approximate surface area is 215 Å². The van der Waals surface area contributed by atoms with Crippen LogP contribution in [0.1, 0.15) is 29.6 Å². The molecule has 9 nitrogen and oxygen atoms in total. The van der Waals surface area contributed by atoms with Crippen molar-refractivity contribution in [3.63, 3.8) is 0 Å². The predicted molar refractivity (Wildman–Crippen MR) is 140 cm³/mol. The van der Waals surface area contributed by atoms with E-state index in [1.54, 1.807) is 14.2 Å². The van der Waals surface area contributed by atoms with Gasteiger partial charge in [-0.15, -0.1) is 0 Å². The quantitative estimate of drug-likeness (QED) is 0.436. The summed E-state index contributed by atoms with van der Waals surface area (Å²) in [5.74, 6) is 2.36. The number of rotatable bonds is 6. The molecule has 4 heterocycles. The summed E-state index contributed by atoms with van der Waals surface area (Å²) in [5, 5.41) is 1.10. The summed E-state index contributed by atoms with van der Waals surface area (Å²) in [6.45, 7) is 1.59. The normalized spacial score (nSPS) is 25.0. The van der Waals surface area contributed by atoms with Crippen LogP contribution in [0.15, 0.2) is 36.5 Å². The molecule has 37 heavy (non-hydrogen) atoms. The lowest BCUT2D eigenvalue weighted by Crippen LogP contribution is -2.48. The molecule has 0 radical (unpaired) electrons. The van der Waals surface area contributed by atoms with Gasteiger partial charge in [-0.2, -0.15) is 0 Å². The average molecular weight is 501 g/mol. The number of likely N-dealkylation sites (tertiary alicyclic amines) is 1. The van der Waals surface area contributed by atoms with E-state index in [0.717, 1.165) is 46.6 Å². The van der Waals surface area contributed by atoms with E-state index in [2.05, 4.69) is 26.3 Å². The minimum atomic E-state index is -0.103. The number of pyridine rings is 1. The van der Waals surface area contributed by atoms with Gasteiger partial charge in [0.1, 0.15) is 16.9 Å². The van der Waals surface area contributed by atoms with Crippen LogP contribution in [0.2, 0.25) is 0 Å². The fourth-order valence-electron chi connectivity index (χ4n) is 6.55. The molecule has 2 saturated carbocycles. The van der Waals surface area contributed by atoms with Gasteiger partial charge < -0.3 is 29.2 Å². The molecule has 4 aromatic rings. The number of aryl methyl sites for hydroxylation is 1. The Bertz CT molecular complexity index is 1540. The molecule has 192 valence electrons. The minimum Gasteiger partial charge on any atom is -0.494 e. The van der Waals surface area contributed by atoms with E-state index in [0.29, 0.717) is 23.8 Å². The van der Waals surface area contributed by atoms with Crippen molar-refractivity contribution in [2.45, 2.75) is 44.0 Å². The van der Waals surface area contributed by atoms with Crippen LogP contribution >= 0.6 is 0 Å². The Kier molecular flexibility index (Phi) is 5.10. The number of hydrogen-bond acceptors (Lipinski definition) is 6. The lowest BCUT2D eigenvalue weighted by molar-refractivity contribution is 0.0173. The summed E-state index contributed by atoms with van der Waals surface area (Å²) in [6.07, 6.45) is 5.23. The van der Waals surface area contributed by atoms with Gasteiger partial charge in [-0.25, -0.2) is 9.97 Å². The van der Waals surface area contributed by atoms with Crippen LogP contribution in [0, 0.1) is 11.8 Å². The fourth-order valence-corrected chi connectivity index (χ4v) is 6.55. The molecule has 1 aliphatic heterocycles. The number of hydrogen-bond donors (Lipinski definition) is 1. The second-order valence-electron chi connectivity index (χ2n) is 10.8. The molecular weight excluding hydrogens is 468 g/mol. The highest BCUT2D eigenvalue weighted by Gasteiger charge is 2.53. The van der Waals surface area contributed by atoms with Crippen LogP contribution in [-0.2, 0) is 18.3 Å². The highest BCUT2D eigenvalue weighted by molar-refractivity contribution is 6.00. The van der Waals surface area contributed by atoms with Crippen LogP contribution in [0.4, 0.5) is 0 Å². The molecule has 2 bridgehead atoms. The molecule has 2 N–H and O–H groups in total.